The lowest BCUT2D eigenvalue weighted by atomic mass is 9.80. The van der Waals surface area contributed by atoms with Crippen LogP contribution in [0.4, 0.5) is 0 Å². The molecule has 1 nitrogen and oxygen atoms in total. The Bertz CT molecular complexity index is 163. The smallest absolute Gasteiger partial charge is 0.136 e. The fourth-order valence-corrected chi connectivity index (χ4v) is 1.31. The van der Waals surface area contributed by atoms with E-state index in [1.54, 1.807) is 0 Å². The van der Waals surface area contributed by atoms with Crippen molar-refractivity contribution in [2.24, 2.45) is 5.92 Å². The molecule has 1 rings (SSSR count). The van der Waals surface area contributed by atoms with Gasteiger partial charge < -0.3 is 0 Å². The fraction of sp³-hybridized carbons (Fsp3) is 0.625. The van der Waals surface area contributed by atoms with Gasteiger partial charge in [-0.05, 0) is 12.8 Å². The highest BCUT2D eigenvalue weighted by molar-refractivity contribution is 9.09. The lowest BCUT2D eigenvalue weighted by Crippen LogP contribution is -2.25. The van der Waals surface area contributed by atoms with Gasteiger partial charge in [0.1, 0.15) is 5.78 Å². The third-order valence-corrected chi connectivity index (χ3v) is 2.71. The molecule has 0 N–H and O–H groups in total. The lowest BCUT2D eigenvalue weighted by Gasteiger charge is -2.23. The molecule has 0 heterocycles. The van der Waals surface area contributed by atoms with E-state index in [0.29, 0.717) is 11.7 Å². The van der Waals surface area contributed by atoms with E-state index in [-0.39, 0.29) is 0 Å². The minimum atomic E-state index is 0.310. The zero-order valence-corrected chi connectivity index (χ0v) is 7.49. The number of hydrogen-bond acceptors (Lipinski definition) is 1. The summed E-state index contributed by atoms with van der Waals surface area (Å²) in [5.74, 6) is 0.729. The molecule has 1 aliphatic rings. The van der Waals surface area contributed by atoms with E-state index in [2.05, 4.69) is 22.5 Å². The quantitative estimate of drug-likeness (QED) is 0.508. The summed E-state index contributed by atoms with van der Waals surface area (Å²) in [4.78, 5) is 10.8. The Kier molecular flexibility index (Phi) is 2.66. The molecule has 0 aromatic rings. The van der Waals surface area contributed by atoms with E-state index in [1.807, 2.05) is 0 Å². The van der Waals surface area contributed by atoms with Crippen molar-refractivity contribution in [2.45, 2.75) is 19.3 Å². The number of allylic oxidation sites excluding steroid dienone is 1. The van der Waals surface area contributed by atoms with E-state index in [1.165, 1.54) is 0 Å². The Balaban J connectivity index is 2.25. The van der Waals surface area contributed by atoms with Crippen LogP contribution in [-0.2, 0) is 4.79 Å². The minimum absolute atomic E-state index is 0.310. The summed E-state index contributed by atoms with van der Waals surface area (Å²) in [6.07, 6.45) is 2.76. The summed E-state index contributed by atoms with van der Waals surface area (Å²) in [5, 5.41) is 0.830. The normalized spacial score (nSPS) is 24.1. The monoisotopic (exact) mass is 202 g/mol. The Morgan fingerprint density at radius 2 is 2.50 bits per heavy atom. The molecule has 0 aliphatic heterocycles. The van der Waals surface area contributed by atoms with Crippen LogP contribution in [0.2, 0.25) is 0 Å². The number of Topliss-reactive ketones (excluding diaryl/α,β-unsaturated/α-hetero) is 1. The van der Waals surface area contributed by atoms with Crippen LogP contribution in [-0.4, -0.2) is 11.1 Å². The van der Waals surface area contributed by atoms with Crippen molar-refractivity contribution in [3.05, 3.63) is 12.2 Å². The molecule has 0 aromatic heterocycles. The molecule has 1 atom stereocenters. The zero-order valence-electron chi connectivity index (χ0n) is 5.90. The molecular formula is C8H11BrO. The predicted molar refractivity (Wildman–Crippen MR) is 45.3 cm³/mol. The molecule has 0 spiro atoms. The van der Waals surface area contributed by atoms with E-state index in [4.69, 9.17) is 0 Å². The molecular weight excluding hydrogens is 192 g/mol. The first kappa shape index (κ1) is 7.99. The Morgan fingerprint density at radius 1 is 1.80 bits per heavy atom. The van der Waals surface area contributed by atoms with E-state index in [9.17, 15) is 4.79 Å². The number of halogens is 1. The Hall–Kier alpha value is -0.110. The number of carbonyl (C=O) groups excluding carboxylic acids is 1. The van der Waals surface area contributed by atoms with Gasteiger partial charge in [0, 0.05) is 17.7 Å². The third kappa shape index (κ3) is 1.69. The number of ketones is 1. The molecule has 1 unspecified atom stereocenters. The maximum absolute atomic E-state index is 10.8. The second-order valence-corrected chi connectivity index (χ2v) is 3.35. The summed E-state index contributed by atoms with van der Waals surface area (Å²) in [5.41, 5.74) is 1.14. The van der Waals surface area contributed by atoms with Gasteiger partial charge in [0.15, 0.2) is 0 Å². The molecule has 1 fully saturated rings. The zero-order chi connectivity index (χ0) is 7.56. The molecule has 0 amide bonds. The summed E-state index contributed by atoms with van der Waals surface area (Å²) in [6.45, 7) is 3.83. The van der Waals surface area contributed by atoms with Crippen molar-refractivity contribution in [3.63, 3.8) is 0 Å². The van der Waals surface area contributed by atoms with Gasteiger partial charge in [0.25, 0.3) is 0 Å². The van der Waals surface area contributed by atoms with E-state index < -0.39 is 0 Å². The van der Waals surface area contributed by atoms with Crippen LogP contribution in [0, 0.1) is 5.92 Å². The first-order valence-electron chi connectivity index (χ1n) is 3.49. The Morgan fingerprint density at radius 3 is 2.80 bits per heavy atom. The van der Waals surface area contributed by atoms with Gasteiger partial charge >= 0.3 is 0 Å². The van der Waals surface area contributed by atoms with Crippen molar-refractivity contribution >= 4 is 21.7 Å². The Labute approximate surface area is 69.6 Å². The summed E-state index contributed by atoms with van der Waals surface area (Å²) >= 11 is 3.31. The largest absolute Gasteiger partial charge is 0.299 e. The average molecular weight is 203 g/mol. The van der Waals surface area contributed by atoms with Gasteiger partial charge in [-0.2, -0.15) is 0 Å². The van der Waals surface area contributed by atoms with Crippen molar-refractivity contribution in [2.75, 3.05) is 5.33 Å². The van der Waals surface area contributed by atoms with Crippen LogP contribution in [0.5, 0.6) is 0 Å². The minimum Gasteiger partial charge on any atom is -0.299 e. The van der Waals surface area contributed by atoms with Crippen LogP contribution < -0.4 is 0 Å². The van der Waals surface area contributed by atoms with Crippen LogP contribution in [0.1, 0.15) is 19.3 Å². The second kappa shape index (κ2) is 3.33. The predicted octanol–water partition coefficient (Wildman–Crippen LogP) is 2.31. The van der Waals surface area contributed by atoms with Gasteiger partial charge in [-0.15, -0.1) is 0 Å². The summed E-state index contributed by atoms with van der Waals surface area (Å²) in [6, 6.07) is 0. The van der Waals surface area contributed by atoms with Gasteiger partial charge in [-0.3, -0.25) is 4.79 Å². The van der Waals surface area contributed by atoms with Crippen LogP contribution in [0.15, 0.2) is 12.2 Å². The van der Waals surface area contributed by atoms with Crippen molar-refractivity contribution in [3.8, 4) is 0 Å². The van der Waals surface area contributed by atoms with Crippen LogP contribution in [0.3, 0.4) is 0 Å². The standard InChI is InChI=1S/C8H11BrO/c1-6(5-9)4-7-2-3-8(7)10/h7H,1-5H2. The van der Waals surface area contributed by atoms with Crippen molar-refractivity contribution < 1.29 is 4.79 Å². The van der Waals surface area contributed by atoms with Gasteiger partial charge in [-0.1, -0.05) is 28.1 Å². The van der Waals surface area contributed by atoms with Gasteiger partial charge in [0.2, 0.25) is 0 Å². The number of hydrogen-bond donors (Lipinski definition) is 0. The average Bonchev–Trinajstić information content (AvgIpc) is 1.96. The summed E-state index contributed by atoms with van der Waals surface area (Å²) < 4.78 is 0. The number of rotatable bonds is 3. The lowest BCUT2D eigenvalue weighted by molar-refractivity contribution is -0.129. The molecule has 1 aliphatic carbocycles. The molecule has 0 radical (unpaired) electrons. The second-order valence-electron chi connectivity index (χ2n) is 2.79. The maximum Gasteiger partial charge on any atom is 0.136 e. The topological polar surface area (TPSA) is 17.1 Å². The molecule has 10 heavy (non-hydrogen) atoms. The molecule has 2 heteroatoms. The maximum atomic E-state index is 10.8. The molecule has 0 bridgehead atoms. The SMILES string of the molecule is C=C(CBr)CC1CCC1=O. The van der Waals surface area contributed by atoms with E-state index in [0.717, 1.165) is 30.2 Å². The van der Waals surface area contributed by atoms with Crippen LogP contribution in [0.25, 0.3) is 0 Å². The molecule has 56 valence electrons. The highest BCUT2D eigenvalue weighted by Crippen LogP contribution is 2.28. The van der Waals surface area contributed by atoms with Crippen molar-refractivity contribution in [1.29, 1.82) is 0 Å². The number of alkyl halides is 1. The van der Waals surface area contributed by atoms with Gasteiger partial charge in [-0.25, -0.2) is 0 Å². The van der Waals surface area contributed by atoms with Crippen LogP contribution >= 0.6 is 15.9 Å². The highest BCUT2D eigenvalue weighted by atomic mass is 79.9. The molecule has 0 saturated heterocycles. The van der Waals surface area contributed by atoms with E-state index >= 15 is 0 Å². The highest BCUT2D eigenvalue weighted by Gasteiger charge is 2.27. The number of carbonyl (C=O) groups is 1. The fourth-order valence-electron chi connectivity index (χ4n) is 1.09. The summed E-state index contributed by atoms with van der Waals surface area (Å²) in [7, 11) is 0. The third-order valence-electron chi connectivity index (χ3n) is 1.92. The first-order chi connectivity index (χ1) is 4.74. The first-order valence-corrected chi connectivity index (χ1v) is 4.61. The van der Waals surface area contributed by atoms with Gasteiger partial charge in [0.05, 0.1) is 0 Å². The molecule has 0 aromatic carbocycles. The van der Waals surface area contributed by atoms with Crippen molar-refractivity contribution in [1.82, 2.24) is 0 Å². The molecule has 1 saturated carbocycles.